The molecule has 4 rings (SSSR count). The van der Waals surface area contributed by atoms with Gasteiger partial charge >= 0.3 is 0 Å². The zero-order valence-electron chi connectivity index (χ0n) is 14.8. The lowest BCUT2D eigenvalue weighted by molar-refractivity contribution is 0.156. The second-order valence-electron chi connectivity index (χ2n) is 7.60. The number of likely N-dealkylation sites (tertiary alicyclic amines) is 1. The van der Waals surface area contributed by atoms with Gasteiger partial charge in [-0.3, -0.25) is 4.99 Å². The number of hydrogen-bond donors (Lipinski definition) is 1. The van der Waals surface area contributed by atoms with Gasteiger partial charge in [0.1, 0.15) is 0 Å². The third-order valence-electron chi connectivity index (χ3n) is 5.98. The molecule has 2 saturated heterocycles. The molecular weight excluding hydrogens is 298 g/mol. The standard InChI is InChI=1S/C20H29N3O/c1-2-21-19(23-11-9-20(14-23)10-12-24-15-20)22-13-17-8-7-16-5-3-4-6-18(16)17/h3-6,17H,2,7-15H2,1H3,(H,21,22). The van der Waals surface area contributed by atoms with E-state index in [9.17, 15) is 0 Å². The van der Waals surface area contributed by atoms with Crippen molar-refractivity contribution in [3.8, 4) is 0 Å². The van der Waals surface area contributed by atoms with Gasteiger partial charge < -0.3 is 15.0 Å². The Morgan fingerprint density at radius 1 is 1.38 bits per heavy atom. The van der Waals surface area contributed by atoms with Crippen LogP contribution in [0.3, 0.4) is 0 Å². The molecule has 1 spiro atoms. The quantitative estimate of drug-likeness (QED) is 0.685. The van der Waals surface area contributed by atoms with Crippen molar-refractivity contribution < 1.29 is 4.74 Å². The predicted octanol–water partition coefficient (Wildman–Crippen LogP) is 2.79. The maximum absolute atomic E-state index is 5.66. The van der Waals surface area contributed by atoms with Gasteiger partial charge in [-0.1, -0.05) is 24.3 Å². The van der Waals surface area contributed by atoms with Gasteiger partial charge in [-0.2, -0.15) is 0 Å². The maximum Gasteiger partial charge on any atom is 0.193 e. The third kappa shape index (κ3) is 3.04. The number of nitrogens with one attached hydrogen (secondary N) is 1. The molecule has 1 aromatic rings. The van der Waals surface area contributed by atoms with E-state index in [1.165, 1.54) is 36.8 Å². The van der Waals surface area contributed by atoms with Gasteiger partial charge in [0.15, 0.2) is 5.96 Å². The molecule has 3 aliphatic rings. The van der Waals surface area contributed by atoms with Gasteiger partial charge in [0.25, 0.3) is 0 Å². The lowest BCUT2D eigenvalue weighted by Crippen LogP contribution is -2.41. The first-order valence-electron chi connectivity index (χ1n) is 9.48. The Hall–Kier alpha value is -1.55. The van der Waals surface area contributed by atoms with Crippen LogP contribution in [-0.4, -0.2) is 50.3 Å². The number of guanidine groups is 1. The van der Waals surface area contributed by atoms with E-state index in [1.807, 2.05) is 0 Å². The van der Waals surface area contributed by atoms with Crippen molar-refractivity contribution in [2.75, 3.05) is 39.4 Å². The molecule has 2 aliphatic heterocycles. The number of ether oxygens (including phenoxy) is 1. The van der Waals surface area contributed by atoms with Crippen molar-refractivity contribution in [1.82, 2.24) is 10.2 Å². The van der Waals surface area contributed by atoms with Crippen LogP contribution in [0.5, 0.6) is 0 Å². The van der Waals surface area contributed by atoms with Crippen molar-refractivity contribution in [3.05, 3.63) is 35.4 Å². The number of benzene rings is 1. The summed E-state index contributed by atoms with van der Waals surface area (Å²) in [7, 11) is 0. The minimum atomic E-state index is 0.385. The van der Waals surface area contributed by atoms with Crippen LogP contribution in [0.15, 0.2) is 29.3 Å². The highest BCUT2D eigenvalue weighted by molar-refractivity contribution is 5.80. The Morgan fingerprint density at radius 3 is 3.12 bits per heavy atom. The topological polar surface area (TPSA) is 36.9 Å². The number of nitrogens with zero attached hydrogens (tertiary/aromatic N) is 2. The Morgan fingerprint density at radius 2 is 2.29 bits per heavy atom. The summed E-state index contributed by atoms with van der Waals surface area (Å²) in [4.78, 5) is 7.48. The fraction of sp³-hybridized carbons (Fsp3) is 0.650. The van der Waals surface area contributed by atoms with E-state index in [4.69, 9.17) is 9.73 Å². The van der Waals surface area contributed by atoms with Crippen molar-refractivity contribution in [2.24, 2.45) is 10.4 Å². The van der Waals surface area contributed by atoms with Crippen LogP contribution in [-0.2, 0) is 11.2 Å². The van der Waals surface area contributed by atoms with E-state index < -0.39 is 0 Å². The lowest BCUT2D eigenvalue weighted by atomic mass is 9.87. The Kier molecular flexibility index (Phi) is 4.49. The Balaban J connectivity index is 1.45. The number of fused-ring (bicyclic) bond motifs is 1. The van der Waals surface area contributed by atoms with Crippen LogP contribution in [0.2, 0.25) is 0 Å². The van der Waals surface area contributed by atoms with Crippen molar-refractivity contribution in [1.29, 1.82) is 0 Å². The summed E-state index contributed by atoms with van der Waals surface area (Å²) in [5.74, 6) is 1.69. The fourth-order valence-corrected chi connectivity index (χ4v) is 4.54. The summed E-state index contributed by atoms with van der Waals surface area (Å²) in [5, 5.41) is 3.51. The number of rotatable bonds is 3. The van der Waals surface area contributed by atoms with Crippen LogP contribution in [0.4, 0.5) is 0 Å². The molecule has 24 heavy (non-hydrogen) atoms. The van der Waals surface area contributed by atoms with Crippen LogP contribution in [0, 0.1) is 5.41 Å². The second kappa shape index (κ2) is 6.75. The lowest BCUT2D eigenvalue weighted by Gasteiger charge is -2.25. The summed E-state index contributed by atoms with van der Waals surface area (Å²) >= 11 is 0. The summed E-state index contributed by atoms with van der Waals surface area (Å²) in [5.41, 5.74) is 3.42. The average Bonchev–Trinajstić information content (AvgIpc) is 3.33. The van der Waals surface area contributed by atoms with Crippen LogP contribution >= 0.6 is 0 Å². The molecule has 0 radical (unpaired) electrons. The zero-order chi connectivity index (χ0) is 16.4. The van der Waals surface area contributed by atoms with E-state index in [2.05, 4.69) is 41.4 Å². The van der Waals surface area contributed by atoms with Gasteiger partial charge in [0, 0.05) is 44.1 Å². The highest BCUT2D eigenvalue weighted by atomic mass is 16.5. The normalized spacial score (nSPS) is 29.5. The third-order valence-corrected chi connectivity index (χ3v) is 5.98. The summed E-state index contributed by atoms with van der Waals surface area (Å²) < 4.78 is 5.66. The highest BCUT2D eigenvalue weighted by Gasteiger charge is 2.42. The fourth-order valence-electron chi connectivity index (χ4n) is 4.54. The summed E-state index contributed by atoms with van der Waals surface area (Å²) in [6.07, 6.45) is 4.89. The first-order valence-corrected chi connectivity index (χ1v) is 9.48. The second-order valence-corrected chi connectivity index (χ2v) is 7.60. The molecule has 1 aliphatic carbocycles. The van der Waals surface area contributed by atoms with Crippen LogP contribution in [0.25, 0.3) is 0 Å². The predicted molar refractivity (Wildman–Crippen MR) is 97.5 cm³/mol. The van der Waals surface area contributed by atoms with E-state index in [0.717, 1.165) is 45.4 Å². The zero-order valence-corrected chi connectivity index (χ0v) is 14.8. The molecule has 0 bridgehead atoms. The largest absolute Gasteiger partial charge is 0.381 e. The minimum absolute atomic E-state index is 0.385. The molecule has 0 amide bonds. The smallest absolute Gasteiger partial charge is 0.193 e. The molecule has 0 saturated carbocycles. The van der Waals surface area contributed by atoms with Crippen LogP contribution < -0.4 is 5.32 Å². The number of aliphatic imine (C=N–C) groups is 1. The van der Waals surface area contributed by atoms with Crippen molar-refractivity contribution in [2.45, 2.75) is 38.5 Å². The molecule has 2 atom stereocenters. The van der Waals surface area contributed by atoms with Gasteiger partial charge in [0.2, 0.25) is 0 Å². The molecule has 130 valence electrons. The molecule has 4 heteroatoms. The molecule has 2 heterocycles. The van der Waals surface area contributed by atoms with E-state index in [1.54, 1.807) is 0 Å². The molecule has 0 aromatic heterocycles. The molecule has 2 fully saturated rings. The van der Waals surface area contributed by atoms with E-state index >= 15 is 0 Å². The minimum Gasteiger partial charge on any atom is -0.381 e. The SMILES string of the molecule is CCNC(=NCC1CCc2ccccc21)N1CCC2(CCOC2)C1. The Labute approximate surface area is 145 Å². The number of hydrogen-bond acceptors (Lipinski definition) is 2. The van der Waals surface area contributed by atoms with Gasteiger partial charge in [-0.15, -0.1) is 0 Å². The first kappa shape index (κ1) is 15.9. The molecule has 4 nitrogen and oxygen atoms in total. The highest BCUT2D eigenvalue weighted by Crippen LogP contribution is 2.38. The monoisotopic (exact) mass is 327 g/mol. The first-order chi connectivity index (χ1) is 11.8. The summed E-state index contributed by atoms with van der Waals surface area (Å²) in [6.45, 7) is 8.06. The van der Waals surface area contributed by atoms with E-state index in [0.29, 0.717) is 11.3 Å². The Bertz CT molecular complexity index is 607. The van der Waals surface area contributed by atoms with Gasteiger partial charge in [-0.05, 0) is 43.7 Å². The maximum atomic E-state index is 5.66. The van der Waals surface area contributed by atoms with Crippen molar-refractivity contribution in [3.63, 3.8) is 0 Å². The molecule has 1 aromatic carbocycles. The van der Waals surface area contributed by atoms with Gasteiger partial charge in [-0.25, -0.2) is 0 Å². The van der Waals surface area contributed by atoms with E-state index in [-0.39, 0.29) is 0 Å². The summed E-state index contributed by atoms with van der Waals surface area (Å²) in [6, 6.07) is 8.88. The average molecular weight is 327 g/mol. The van der Waals surface area contributed by atoms with Crippen LogP contribution in [0.1, 0.15) is 43.2 Å². The van der Waals surface area contributed by atoms with Crippen molar-refractivity contribution >= 4 is 5.96 Å². The number of aryl methyl sites for hydroxylation is 1. The molecule has 2 unspecified atom stereocenters. The molecular formula is C20H29N3O. The van der Waals surface area contributed by atoms with Gasteiger partial charge in [0.05, 0.1) is 6.61 Å². The molecule has 1 N–H and O–H groups in total.